The third kappa shape index (κ3) is 5.05. The maximum absolute atomic E-state index is 6.06. The van der Waals surface area contributed by atoms with Crippen molar-refractivity contribution >= 4 is 29.9 Å². The molecular weight excluding hydrogens is 337 g/mol. The van der Waals surface area contributed by atoms with Gasteiger partial charge in [-0.3, -0.25) is 0 Å². The number of hydrogen-bond donors (Lipinski definition) is 1. The summed E-state index contributed by atoms with van der Waals surface area (Å²) in [5.41, 5.74) is 6.02. The first-order valence-electron chi connectivity index (χ1n) is 6.39. The fourth-order valence-electron chi connectivity index (χ4n) is 2.09. The van der Waals surface area contributed by atoms with Crippen LogP contribution in [0.3, 0.4) is 0 Å². The molecular formula is C14H26IN3. The monoisotopic (exact) mass is 363 g/mol. The van der Waals surface area contributed by atoms with Crippen LogP contribution in [0.25, 0.3) is 0 Å². The molecule has 4 heteroatoms. The van der Waals surface area contributed by atoms with Crippen molar-refractivity contribution in [3.8, 4) is 12.3 Å². The highest BCUT2D eigenvalue weighted by Crippen LogP contribution is 2.22. The van der Waals surface area contributed by atoms with Crippen molar-refractivity contribution in [1.82, 2.24) is 4.90 Å². The van der Waals surface area contributed by atoms with Gasteiger partial charge in [0.05, 0.1) is 0 Å². The average Bonchev–Trinajstić information content (AvgIpc) is 2.23. The van der Waals surface area contributed by atoms with E-state index in [0.29, 0.717) is 11.9 Å². The van der Waals surface area contributed by atoms with Crippen molar-refractivity contribution in [2.24, 2.45) is 22.1 Å². The van der Waals surface area contributed by atoms with Gasteiger partial charge in [-0.2, -0.15) is 0 Å². The molecule has 2 atom stereocenters. The minimum absolute atomic E-state index is 0. The molecule has 0 aromatic carbocycles. The molecule has 1 heterocycles. The predicted octanol–water partition coefficient (Wildman–Crippen LogP) is 2.70. The second kappa shape index (κ2) is 7.22. The minimum Gasteiger partial charge on any atom is -0.370 e. The first-order chi connectivity index (χ1) is 7.84. The molecule has 2 N–H and O–H groups in total. The lowest BCUT2D eigenvalue weighted by molar-refractivity contribution is 0.267. The molecule has 0 radical (unpaired) electrons. The smallest absolute Gasteiger partial charge is 0.192 e. The number of hydrogen-bond acceptors (Lipinski definition) is 1. The number of terminal acetylenes is 1. The quantitative estimate of drug-likeness (QED) is 0.337. The fourth-order valence-corrected chi connectivity index (χ4v) is 2.09. The lowest BCUT2D eigenvalue weighted by Crippen LogP contribution is -2.44. The lowest BCUT2D eigenvalue weighted by Gasteiger charge is -2.33. The van der Waals surface area contributed by atoms with Gasteiger partial charge in [-0.15, -0.1) is 30.4 Å². The van der Waals surface area contributed by atoms with Crippen molar-refractivity contribution in [2.75, 3.05) is 13.1 Å². The Kier molecular flexibility index (Phi) is 7.05. The molecule has 0 aromatic rings. The van der Waals surface area contributed by atoms with Crippen LogP contribution in [0.4, 0.5) is 0 Å². The molecule has 3 nitrogen and oxygen atoms in total. The number of guanidine groups is 1. The zero-order valence-electron chi connectivity index (χ0n) is 11.9. The van der Waals surface area contributed by atoms with Crippen molar-refractivity contribution in [3.05, 3.63) is 0 Å². The van der Waals surface area contributed by atoms with Crippen LogP contribution in [0.5, 0.6) is 0 Å². The normalized spacial score (nSPS) is 22.9. The highest BCUT2D eigenvalue weighted by atomic mass is 127. The number of piperidine rings is 1. The summed E-state index contributed by atoms with van der Waals surface area (Å²) in [4.78, 5) is 6.67. The van der Waals surface area contributed by atoms with Crippen LogP contribution in [0.2, 0.25) is 0 Å². The summed E-state index contributed by atoms with van der Waals surface area (Å²) < 4.78 is 0. The topological polar surface area (TPSA) is 41.6 Å². The summed E-state index contributed by atoms with van der Waals surface area (Å²) >= 11 is 0. The molecule has 1 rings (SSSR count). The van der Waals surface area contributed by atoms with E-state index < -0.39 is 0 Å². The van der Waals surface area contributed by atoms with Crippen molar-refractivity contribution in [1.29, 1.82) is 0 Å². The summed E-state index contributed by atoms with van der Waals surface area (Å²) in [6.45, 7) is 10.5. The van der Waals surface area contributed by atoms with Gasteiger partial charge in [-0.05, 0) is 24.2 Å². The van der Waals surface area contributed by atoms with Crippen LogP contribution in [0.15, 0.2) is 4.99 Å². The van der Waals surface area contributed by atoms with Crippen LogP contribution < -0.4 is 5.73 Å². The molecule has 0 amide bonds. The SMILES string of the molecule is C#CC(N=C(N)N1CCCC(C)C1)C(C)(C)C.I. The van der Waals surface area contributed by atoms with E-state index >= 15 is 0 Å². The lowest BCUT2D eigenvalue weighted by atomic mass is 9.88. The van der Waals surface area contributed by atoms with Crippen LogP contribution in [0, 0.1) is 23.7 Å². The van der Waals surface area contributed by atoms with E-state index in [1.54, 1.807) is 0 Å². The van der Waals surface area contributed by atoms with Gasteiger partial charge in [0.15, 0.2) is 5.96 Å². The zero-order valence-corrected chi connectivity index (χ0v) is 14.3. The van der Waals surface area contributed by atoms with Gasteiger partial charge in [0.25, 0.3) is 0 Å². The van der Waals surface area contributed by atoms with Crippen LogP contribution in [-0.4, -0.2) is 30.0 Å². The van der Waals surface area contributed by atoms with E-state index in [1.165, 1.54) is 12.8 Å². The standard InChI is InChI=1S/C14H25N3.HI/c1-6-12(14(3,4)5)16-13(15)17-9-7-8-11(2)10-17;/h1,11-12H,7-10H2,2-5H3,(H2,15,16);1H. The highest BCUT2D eigenvalue weighted by Gasteiger charge is 2.24. The number of nitrogens with zero attached hydrogens (tertiary/aromatic N) is 2. The number of likely N-dealkylation sites (tertiary alicyclic amines) is 1. The molecule has 104 valence electrons. The van der Waals surface area contributed by atoms with Gasteiger partial charge >= 0.3 is 0 Å². The van der Waals surface area contributed by atoms with E-state index in [-0.39, 0.29) is 35.4 Å². The largest absolute Gasteiger partial charge is 0.370 e. The zero-order chi connectivity index (χ0) is 13.1. The summed E-state index contributed by atoms with van der Waals surface area (Å²) in [5.74, 6) is 4.03. The van der Waals surface area contributed by atoms with E-state index in [2.05, 4.69) is 43.5 Å². The average molecular weight is 363 g/mol. The Morgan fingerprint density at radius 1 is 1.50 bits per heavy atom. The summed E-state index contributed by atoms with van der Waals surface area (Å²) in [6.07, 6.45) is 8.00. The number of aliphatic imine (C=N–C) groups is 1. The minimum atomic E-state index is -0.153. The third-order valence-electron chi connectivity index (χ3n) is 3.22. The molecule has 18 heavy (non-hydrogen) atoms. The third-order valence-corrected chi connectivity index (χ3v) is 3.22. The van der Waals surface area contributed by atoms with E-state index in [1.807, 2.05) is 0 Å². The van der Waals surface area contributed by atoms with Crippen LogP contribution >= 0.6 is 24.0 Å². The summed E-state index contributed by atoms with van der Waals surface area (Å²) in [5, 5.41) is 0. The predicted molar refractivity (Wildman–Crippen MR) is 89.1 cm³/mol. The Balaban J connectivity index is 0.00000289. The van der Waals surface area contributed by atoms with Crippen molar-refractivity contribution in [2.45, 2.75) is 46.6 Å². The molecule has 2 unspecified atom stereocenters. The van der Waals surface area contributed by atoms with Crippen LogP contribution in [0.1, 0.15) is 40.5 Å². The second-order valence-electron chi connectivity index (χ2n) is 6.12. The fraction of sp³-hybridized carbons (Fsp3) is 0.786. The summed E-state index contributed by atoms with van der Waals surface area (Å²) in [6, 6.07) is -0.153. The van der Waals surface area contributed by atoms with Crippen LogP contribution in [-0.2, 0) is 0 Å². The van der Waals surface area contributed by atoms with Gasteiger partial charge < -0.3 is 10.6 Å². The molecule has 0 aliphatic carbocycles. The maximum atomic E-state index is 6.06. The number of nitrogens with two attached hydrogens (primary N) is 1. The first kappa shape index (κ1) is 17.6. The number of rotatable bonds is 1. The highest BCUT2D eigenvalue weighted by molar-refractivity contribution is 14.0. The Bertz CT molecular complexity index is 325. The molecule has 0 bridgehead atoms. The molecule has 1 saturated heterocycles. The van der Waals surface area contributed by atoms with Crippen molar-refractivity contribution < 1.29 is 0 Å². The van der Waals surface area contributed by atoms with Gasteiger partial charge in [0, 0.05) is 13.1 Å². The van der Waals surface area contributed by atoms with Gasteiger partial charge in [-0.25, -0.2) is 4.99 Å². The maximum Gasteiger partial charge on any atom is 0.192 e. The Hall–Kier alpha value is -0.440. The van der Waals surface area contributed by atoms with Gasteiger partial charge in [0.2, 0.25) is 0 Å². The van der Waals surface area contributed by atoms with Gasteiger partial charge in [0.1, 0.15) is 6.04 Å². The van der Waals surface area contributed by atoms with E-state index in [4.69, 9.17) is 12.2 Å². The van der Waals surface area contributed by atoms with Crippen molar-refractivity contribution in [3.63, 3.8) is 0 Å². The van der Waals surface area contributed by atoms with Gasteiger partial charge in [-0.1, -0.05) is 33.6 Å². The Morgan fingerprint density at radius 3 is 2.56 bits per heavy atom. The molecule has 0 aromatic heterocycles. The Morgan fingerprint density at radius 2 is 2.11 bits per heavy atom. The summed E-state index contributed by atoms with van der Waals surface area (Å²) in [7, 11) is 0. The number of halogens is 1. The molecule has 1 aliphatic heterocycles. The molecule has 0 spiro atoms. The Labute approximate surface area is 129 Å². The second-order valence-corrected chi connectivity index (χ2v) is 6.12. The first-order valence-corrected chi connectivity index (χ1v) is 6.39. The molecule has 1 aliphatic rings. The molecule has 0 saturated carbocycles. The van der Waals surface area contributed by atoms with E-state index in [0.717, 1.165) is 13.1 Å². The van der Waals surface area contributed by atoms with E-state index in [9.17, 15) is 0 Å². The molecule has 1 fully saturated rings.